The van der Waals surface area contributed by atoms with E-state index in [2.05, 4.69) is 22.0 Å². The number of rotatable bonds is 1. The summed E-state index contributed by atoms with van der Waals surface area (Å²) >= 11 is 9.21. The minimum absolute atomic E-state index is 0.493. The van der Waals surface area contributed by atoms with Crippen molar-refractivity contribution in [2.24, 2.45) is 0 Å². The van der Waals surface area contributed by atoms with Crippen molar-refractivity contribution >= 4 is 27.5 Å². The Balaban J connectivity index is 3.25. The highest BCUT2D eigenvalue weighted by molar-refractivity contribution is 9.10. The molecule has 3 heteroatoms. The van der Waals surface area contributed by atoms with Gasteiger partial charge < -0.3 is 0 Å². The molecule has 1 rings (SSSR count). The summed E-state index contributed by atoms with van der Waals surface area (Å²) in [6.07, 6.45) is 0. The molecule has 0 aliphatic heterocycles. The highest BCUT2D eigenvalue weighted by atomic mass is 79.9. The first kappa shape index (κ1) is 10.6. The summed E-state index contributed by atoms with van der Waals surface area (Å²) in [7, 11) is 0. The Morgan fingerprint density at radius 1 is 1.38 bits per heavy atom. The van der Waals surface area contributed by atoms with E-state index in [0.717, 1.165) is 10.0 Å². The Hall–Kier alpha value is -0.520. The molecular weight excluding hydrogens is 249 g/mol. The quantitative estimate of drug-likeness (QED) is 0.749. The molecule has 68 valence electrons. The van der Waals surface area contributed by atoms with Gasteiger partial charge in [0.1, 0.15) is 0 Å². The Morgan fingerprint density at radius 2 is 2.00 bits per heavy atom. The molecule has 0 saturated heterocycles. The van der Waals surface area contributed by atoms with Crippen molar-refractivity contribution in [3.8, 4) is 6.07 Å². The van der Waals surface area contributed by atoms with Gasteiger partial charge in [0.15, 0.2) is 0 Å². The predicted molar refractivity (Wildman–Crippen MR) is 57.8 cm³/mol. The van der Waals surface area contributed by atoms with Crippen LogP contribution in [0.2, 0.25) is 5.02 Å². The Morgan fingerprint density at radius 3 is 2.46 bits per heavy atom. The molecule has 13 heavy (non-hydrogen) atoms. The van der Waals surface area contributed by atoms with Crippen LogP contribution in [0.25, 0.3) is 0 Å². The molecule has 0 heterocycles. The fraction of sp³-hybridized carbons (Fsp3) is 0.300. The average molecular weight is 259 g/mol. The number of hydrogen-bond donors (Lipinski definition) is 0. The van der Waals surface area contributed by atoms with Gasteiger partial charge in [0, 0.05) is 9.50 Å². The SMILES string of the molecule is CC(C)(C#N)c1cc(Cl)cc(Br)c1. The van der Waals surface area contributed by atoms with Gasteiger partial charge in [0.05, 0.1) is 11.5 Å². The molecular formula is C10H9BrClN. The highest BCUT2D eigenvalue weighted by Gasteiger charge is 2.20. The summed E-state index contributed by atoms with van der Waals surface area (Å²) in [5, 5.41) is 9.57. The van der Waals surface area contributed by atoms with Crippen molar-refractivity contribution in [2.75, 3.05) is 0 Å². The normalized spacial score (nSPS) is 11.0. The van der Waals surface area contributed by atoms with Gasteiger partial charge in [0.25, 0.3) is 0 Å². The van der Waals surface area contributed by atoms with Crippen LogP contribution in [-0.4, -0.2) is 0 Å². The largest absolute Gasteiger partial charge is 0.197 e. The van der Waals surface area contributed by atoms with Crippen LogP contribution in [0.15, 0.2) is 22.7 Å². The first-order chi connectivity index (χ1) is 5.95. The van der Waals surface area contributed by atoms with E-state index in [1.807, 2.05) is 26.0 Å². The van der Waals surface area contributed by atoms with Gasteiger partial charge in [-0.1, -0.05) is 27.5 Å². The molecule has 1 aromatic rings. The molecule has 1 aromatic carbocycles. The van der Waals surface area contributed by atoms with Crippen LogP contribution in [0.4, 0.5) is 0 Å². The van der Waals surface area contributed by atoms with E-state index in [0.29, 0.717) is 5.02 Å². The Labute approximate surface area is 91.5 Å². The zero-order valence-corrected chi connectivity index (χ0v) is 9.78. The van der Waals surface area contributed by atoms with Crippen molar-refractivity contribution in [1.29, 1.82) is 5.26 Å². The van der Waals surface area contributed by atoms with Crippen molar-refractivity contribution in [2.45, 2.75) is 19.3 Å². The fourth-order valence-corrected chi connectivity index (χ4v) is 1.84. The van der Waals surface area contributed by atoms with Gasteiger partial charge in [-0.05, 0) is 37.6 Å². The van der Waals surface area contributed by atoms with Crippen LogP contribution in [0, 0.1) is 11.3 Å². The van der Waals surface area contributed by atoms with Crippen molar-refractivity contribution < 1.29 is 0 Å². The van der Waals surface area contributed by atoms with Crippen molar-refractivity contribution in [3.05, 3.63) is 33.3 Å². The molecule has 0 bridgehead atoms. The van der Waals surface area contributed by atoms with Crippen LogP contribution in [-0.2, 0) is 5.41 Å². The lowest BCUT2D eigenvalue weighted by Gasteiger charge is -2.16. The second-order valence-corrected chi connectivity index (χ2v) is 4.75. The van der Waals surface area contributed by atoms with Gasteiger partial charge in [-0.25, -0.2) is 0 Å². The van der Waals surface area contributed by atoms with Gasteiger partial charge in [-0.15, -0.1) is 0 Å². The molecule has 0 aliphatic rings. The minimum atomic E-state index is -0.493. The number of halogens is 2. The molecule has 0 atom stereocenters. The second kappa shape index (κ2) is 3.69. The monoisotopic (exact) mass is 257 g/mol. The summed E-state index contributed by atoms with van der Waals surface area (Å²) in [6, 6.07) is 7.76. The predicted octanol–water partition coefficient (Wildman–Crippen LogP) is 3.90. The Kier molecular flexibility index (Phi) is 3.00. The maximum Gasteiger partial charge on any atom is 0.0767 e. The van der Waals surface area contributed by atoms with Crippen LogP contribution < -0.4 is 0 Å². The molecule has 0 unspecified atom stereocenters. The molecule has 0 aromatic heterocycles. The zero-order valence-electron chi connectivity index (χ0n) is 7.44. The van der Waals surface area contributed by atoms with E-state index in [1.165, 1.54) is 0 Å². The molecule has 1 nitrogen and oxygen atoms in total. The van der Waals surface area contributed by atoms with E-state index in [-0.39, 0.29) is 0 Å². The minimum Gasteiger partial charge on any atom is -0.197 e. The van der Waals surface area contributed by atoms with Gasteiger partial charge in [0.2, 0.25) is 0 Å². The number of benzene rings is 1. The molecule has 0 fully saturated rings. The lowest BCUT2D eigenvalue weighted by molar-refractivity contribution is 0.686. The van der Waals surface area contributed by atoms with Gasteiger partial charge in [-0.3, -0.25) is 0 Å². The molecule has 0 saturated carbocycles. The molecule has 0 radical (unpaired) electrons. The van der Waals surface area contributed by atoms with Crippen molar-refractivity contribution in [1.82, 2.24) is 0 Å². The number of hydrogen-bond acceptors (Lipinski definition) is 1. The van der Waals surface area contributed by atoms with Gasteiger partial charge >= 0.3 is 0 Å². The smallest absolute Gasteiger partial charge is 0.0767 e. The van der Waals surface area contributed by atoms with Crippen molar-refractivity contribution in [3.63, 3.8) is 0 Å². The molecule has 0 spiro atoms. The highest BCUT2D eigenvalue weighted by Crippen LogP contribution is 2.28. The average Bonchev–Trinajstić information content (AvgIpc) is 2.02. The van der Waals surface area contributed by atoms with E-state index < -0.39 is 5.41 Å². The zero-order chi connectivity index (χ0) is 10.1. The molecule has 0 N–H and O–H groups in total. The third kappa shape index (κ3) is 2.46. The summed E-state index contributed by atoms with van der Waals surface area (Å²) in [6.45, 7) is 3.73. The Bertz CT molecular complexity index is 345. The second-order valence-electron chi connectivity index (χ2n) is 3.39. The molecule has 0 aliphatic carbocycles. The maximum absolute atomic E-state index is 8.92. The van der Waals surface area contributed by atoms with E-state index in [4.69, 9.17) is 16.9 Å². The van der Waals surface area contributed by atoms with Crippen LogP contribution in [0.5, 0.6) is 0 Å². The van der Waals surface area contributed by atoms with E-state index >= 15 is 0 Å². The summed E-state index contributed by atoms with van der Waals surface area (Å²) in [5.74, 6) is 0. The topological polar surface area (TPSA) is 23.8 Å². The number of nitrogens with zero attached hydrogens (tertiary/aromatic N) is 1. The first-order valence-corrected chi connectivity index (χ1v) is 5.00. The van der Waals surface area contributed by atoms with Gasteiger partial charge in [-0.2, -0.15) is 5.26 Å². The summed E-state index contributed by atoms with van der Waals surface area (Å²) in [4.78, 5) is 0. The van der Waals surface area contributed by atoms with Crippen LogP contribution >= 0.6 is 27.5 Å². The molecule has 0 amide bonds. The summed E-state index contributed by atoms with van der Waals surface area (Å²) in [5.41, 5.74) is 0.433. The third-order valence-corrected chi connectivity index (χ3v) is 2.54. The number of nitriles is 1. The van der Waals surface area contributed by atoms with Crippen LogP contribution in [0.1, 0.15) is 19.4 Å². The van der Waals surface area contributed by atoms with E-state index in [9.17, 15) is 0 Å². The summed E-state index contributed by atoms with van der Waals surface area (Å²) < 4.78 is 0.901. The first-order valence-electron chi connectivity index (χ1n) is 3.83. The van der Waals surface area contributed by atoms with Crippen LogP contribution in [0.3, 0.4) is 0 Å². The lowest BCUT2D eigenvalue weighted by Crippen LogP contribution is -2.13. The van der Waals surface area contributed by atoms with E-state index in [1.54, 1.807) is 6.07 Å². The third-order valence-electron chi connectivity index (χ3n) is 1.86. The lowest BCUT2D eigenvalue weighted by atomic mass is 9.86. The maximum atomic E-state index is 8.92. The fourth-order valence-electron chi connectivity index (χ4n) is 0.979. The standard InChI is InChI=1S/C10H9BrClN/c1-10(2,6-13)7-3-8(11)5-9(12)4-7/h3-5H,1-2H3.